The van der Waals surface area contributed by atoms with Gasteiger partial charge in [-0.3, -0.25) is 14.9 Å². The average Bonchev–Trinajstić information content (AvgIpc) is 3.25. The van der Waals surface area contributed by atoms with Crippen molar-refractivity contribution >= 4 is 33.2 Å². The Morgan fingerprint density at radius 2 is 1.79 bits per heavy atom. The summed E-state index contributed by atoms with van der Waals surface area (Å²) >= 11 is 5.78. The Bertz CT molecular complexity index is 1320. The molecule has 0 radical (unpaired) electrons. The molecule has 3 aromatic rings. The molecule has 1 aliphatic rings. The Morgan fingerprint density at radius 3 is 2.36 bits per heavy atom. The van der Waals surface area contributed by atoms with E-state index in [1.165, 1.54) is 16.4 Å². The van der Waals surface area contributed by atoms with Crippen LogP contribution in [0.15, 0.2) is 51.9 Å². The second-order valence-corrected chi connectivity index (χ2v) is 9.63. The predicted molar refractivity (Wildman–Crippen MR) is 117 cm³/mol. The third-order valence-corrected chi connectivity index (χ3v) is 7.41. The van der Waals surface area contributed by atoms with Crippen molar-refractivity contribution in [2.24, 2.45) is 0 Å². The van der Waals surface area contributed by atoms with Gasteiger partial charge in [0.2, 0.25) is 21.7 Å². The maximum atomic E-state index is 12.9. The molecule has 4 rings (SSSR count). The summed E-state index contributed by atoms with van der Waals surface area (Å²) in [6, 6.07) is 10.1. The van der Waals surface area contributed by atoms with Crippen molar-refractivity contribution < 1.29 is 22.7 Å². The van der Waals surface area contributed by atoms with Gasteiger partial charge >= 0.3 is 0 Å². The van der Waals surface area contributed by atoms with Crippen molar-refractivity contribution in [1.82, 2.24) is 19.3 Å². The Morgan fingerprint density at radius 1 is 1.12 bits per heavy atom. The molecule has 0 bridgehead atoms. The molecule has 33 heavy (non-hydrogen) atoms. The molecule has 0 atom stereocenters. The number of aryl methyl sites for hydroxylation is 1. The lowest BCUT2D eigenvalue weighted by atomic mass is 10.1. The molecule has 2 heterocycles. The van der Waals surface area contributed by atoms with Crippen LogP contribution in [-0.2, 0) is 10.0 Å². The molecule has 0 unspecified atom stereocenters. The van der Waals surface area contributed by atoms with Gasteiger partial charge in [0, 0.05) is 50.3 Å². The van der Waals surface area contributed by atoms with E-state index in [0.29, 0.717) is 22.8 Å². The molecule has 0 spiro atoms. The van der Waals surface area contributed by atoms with Gasteiger partial charge in [-0.1, -0.05) is 28.9 Å². The number of benzene rings is 2. The van der Waals surface area contributed by atoms with Crippen LogP contribution in [-0.4, -0.2) is 64.8 Å². The number of hydrogen-bond donors (Lipinski definition) is 0. The van der Waals surface area contributed by atoms with Crippen LogP contribution >= 0.6 is 11.6 Å². The Kier molecular flexibility index (Phi) is 6.15. The Balaban J connectivity index is 1.43. The molecular formula is C20H18ClN5O6S. The van der Waals surface area contributed by atoms with Crippen LogP contribution < -0.4 is 0 Å². The van der Waals surface area contributed by atoms with Crippen LogP contribution in [0.1, 0.15) is 16.2 Å². The summed E-state index contributed by atoms with van der Waals surface area (Å²) in [5.74, 6) is 0.629. The first kappa shape index (κ1) is 22.8. The van der Waals surface area contributed by atoms with Gasteiger partial charge in [0.25, 0.3) is 11.6 Å². The van der Waals surface area contributed by atoms with Crippen molar-refractivity contribution in [3.05, 3.63) is 69.1 Å². The van der Waals surface area contributed by atoms with Gasteiger partial charge in [0.1, 0.15) is 5.02 Å². The number of carbonyl (C=O) groups excluding carboxylic acids is 1. The second-order valence-electron chi connectivity index (χ2n) is 7.28. The van der Waals surface area contributed by atoms with E-state index in [1.54, 1.807) is 36.1 Å². The van der Waals surface area contributed by atoms with E-state index >= 15 is 0 Å². The summed E-state index contributed by atoms with van der Waals surface area (Å²) in [5.41, 5.74) is 0.672. The summed E-state index contributed by atoms with van der Waals surface area (Å²) in [7, 11) is -3.97. The standard InChI is InChI=1S/C20H18ClN5O6S/c1-13-22-19(23-32-13)14-2-4-15(5-3-14)20(27)24-8-10-25(11-9-24)33(30,31)16-6-7-17(21)18(12-16)26(28)29/h2-7,12H,8-11H2,1H3. The van der Waals surface area contributed by atoms with Crippen molar-refractivity contribution in [2.75, 3.05) is 26.2 Å². The molecule has 1 fully saturated rings. The highest BCUT2D eigenvalue weighted by molar-refractivity contribution is 7.89. The molecule has 11 nitrogen and oxygen atoms in total. The SMILES string of the molecule is Cc1nc(-c2ccc(C(=O)N3CCN(S(=O)(=O)c4ccc(Cl)c([N+](=O)[O-])c4)CC3)cc2)no1. The largest absolute Gasteiger partial charge is 0.339 e. The second kappa shape index (κ2) is 8.89. The van der Waals surface area contributed by atoms with Crippen LogP contribution in [0.25, 0.3) is 11.4 Å². The van der Waals surface area contributed by atoms with Crippen LogP contribution in [0, 0.1) is 17.0 Å². The summed E-state index contributed by atoms with van der Waals surface area (Å²) in [6.07, 6.45) is 0. The summed E-state index contributed by atoms with van der Waals surface area (Å²) < 4.78 is 32.0. The zero-order valence-corrected chi connectivity index (χ0v) is 18.9. The summed E-state index contributed by atoms with van der Waals surface area (Å²) in [4.78, 5) is 28.7. The molecule has 1 aliphatic heterocycles. The van der Waals surface area contributed by atoms with Gasteiger partial charge in [-0.05, 0) is 24.3 Å². The molecule has 13 heteroatoms. The normalized spacial score (nSPS) is 14.9. The topological polar surface area (TPSA) is 140 Å². The monoisotopic (exact) mass is 491 g/mol. The van der Waals surface area contributed by atoms with Crippen LogP contribution in [0.5, 0.6) is 0 Å². The smallest absolute Gasteiger partial charge is 0.289 e. The Hall–Kier alpha value is -3.35. The molecule has 1 amide bonds. The molecule has 1 aromatic heterocycles. The van der Waals surface area contributed by atoms with Gasteiger partial charge in [-0.2, -0.15) is 9.29 Å². The number of sulfonamides is 1. The lowest BCUT2D eigenvalue weighted by Gasteiger charge is -2.34. The van der Waals surface area contributed by atoms with Gasteiger partial charge < -0.3 is 9.42 Å². The Labute approximate surface area is 193 Å². The van der Waals surface area contributed by atoms with E-state index in [9.17, 15) is 23.3 Å². The van der Waals surface area contributed by atoms with E-state index in [2.05, 4.69) is 10.1 Å². The van der Waals surface area contributed by atoms with Crippen LogP contribution in [0.2, 0.25) is 5.02 Å². The van der Waals surface area contributed by atoms with Crippen LogP contribution in [0.4, 0.5) is 5.69 Å². The van der Waals surface area contributed by atoms with E-state index in [1.807, 2.05) is 0 Å². The number of piperazine rings is 1. The number of nitrogens with zero attached hydrogens (tertiary/aromatic N) is 5. The molecule has 1 saturated heterocycles. The third kappa shape index (κ3) is 4.58. The number of rotatable bonds is 5. The molecule has 0 N–H and O–H groups in total. The number of aromatic nitrogens is 2. The fraction of sp³-hybridized carbons (Fsp3) is 0.250. The summed E-state index contributed by atoms with van der Waals surface area (Å²) in [5, 5.41) is 14.8. The molecule has 172 valence electrons. The van der Waals surface area contributed by atoms with Crippen molar-refractivity contribution in [1.29, 1.82) is 0 Å². The van der Waals surface area contributed by atoms with E-state index in [-0.39, 0.29) is 42.0 Å². The highest BCUT2D eigenvalue weighted by Gasteiger charge is 2.32. The first-order valence-electron chi connectivity index (χ1n) is 9.81. The van der Waals surface area contributed by atoms with Crippen molar-refractivity contribution in [2.45, 2.75) is 11.8 Å². The van der Waals surface area contributed by atoms with Crippen molar-refractivity contribution in [3.8, 4) is 11.4 Å². The lowest BCUT2D eigenvalue weighted by Crippen LogP contribution is -2.50. The lowest BCUT2D eigenvalue weighted by molar-refractivity contribution is -0.384. The molecule has 0 aliphatic carbocycles. The number of amides is 1. The van der Waals surface area contributed by atoms with E-state index in [4.69, 9.17) is 16.1 Å². The maximum Gasteiger partial charge on any atom is 0.289 e. The number of carbonyl (C=O) groups is 1. The molecule has 0 saturated carbocycles. The molecular weight excluding hydrogens is 474 g/mol. The highest BCUT2D eigenvalue weighted by atomic mass is 35.5. The van der Waals surface area contributed by atoms with Gasteiger partial charge in [-0.15, -0.1) is 0 Å². The number of halogens is 1. The maximum absolute atomic E-state index is 12.9. The first-order chi connectivity index (χ1) is 15.7. The zero-order chi connectivity index (χ0) is 23.8. The van der Waals surface area contributed by atoms with Crippen LogP contribution in [0.3, 0.4) is 0 Å². The predicted octanol–water partition coefficient (Wildman–Crippen LogP) is 2.75. The highest BCUT2D eigenvalue weighted by Crippen LogP contribution is 2.29. The fourth-order valence-corrected chi connectivity index (χ4v) is 5.06. The van der Waals surface area contributed by atoms with Gasteiger partial charge in [0.15, 0.2) is 0 Å². The minimum atomic E-state index is -3.97. The number of nitro groups is 1. The third-order valence-electron chi connectivity index (χ3n) is 5.20. The minimum Gasteiger partial charge on any atom is -0.339 e. The van der Waals surface area contributed by atoms with Crippen molar-refractivity contribution in [3.63, 3.8) is 0 Å². The van der Waals surface area contributed by atoms with Gasteiger partial charge in [-0.25, -0.2) is 8.42 Å². The average molecular weight is 492 g/mol. The number of nitro benzene ring substituents is 1. The first-order valence-corrected chi connectivity index (χ1v) is 11.6. The fourth-order valence-electron chi connectivity index (χ4n) is 3.43. The molecule has 2 aromatic carbocycles. The minimum absolute atomic E-state index is 0.0602. The van der Waals surface area contributed by atoms with E-state index in [0.717, 1.165) is 6.07 Å². The summed E-state index contributed by atoms with van der Waals surface area (Å²) in [6.45, 7) is 2.16. The zero-order valence-electron chi connectivity index (χ0n) is 17.3. The van der Waals surface area contributed by atoms with Gasteiger partial charge in [0.05, 0.1) is 9.82 Å². The van der Waals surface area contributed by atoms with E-state index < -0.39 is 20.6 Å². The quantitative estimate of drug-likeness (QED) is 0.392. The number of hydrogen-bond acceptors (Lipinski definition) is 8.